The Labute approximate surface area is 760 Å². The van der Waals surface area contributed by atoms with Crippen LogP contribution in [0.4, 0.5) is 34.1 Å². The molecule has 20 aromatic carbocycles. The zero-order chi connectivity index (χ0) is 85.0. The minimum Gasteiger partial charge on any atom is -0.309 e. The summed E-state index contributed by atoms with van der Waals surface area (Å²) in [6.45, 7) is 0. The summed E-state index contributed by atoms with van der Waals surface area (Å²) in [6.07, 6.45) is 1.06. The van der Waals surface area contributed by atoms with Gasteiger partial charge in [-0.1, -0.05) is 333 Å². The molecule has 12 heteroatoms. The summed E-state index contributed by atoms with van der Waals surface area (Å²) in [4.78, 5) is 4.74. The van der Waals surface area contributed by atoms with E-state index in [0.29, 0.717) is 0 Å². The molecule has 0 N–H and O–H groups in total. The molecule has 0 saturated heterocycles. The fourth-order valence-electron chi connectivity index (χ4n) is 20.8. The Hall–Kier alpha value is -13.3. The maximum absolute atomic E-state index is 15.7. The number of rotatable bonds is 6. The SMILES string of the molecule is O=P1(c2ccccc2)c2ccc(Br)cc2-c2cc(Br)ccc21.O=P1(c2ccccc2)c2ccc(Br)cc2-c2cc(N3c4ccccc4-c4cccc5cccc3c45)ccc21.O=P1(c2ccccc2)c2ccc(N3c4ccccc4-c4cccc5cccc3c45)cc2-c2cc(-n3c4ccccc4c4ccccc43)ccc21.c1ccc2c(c1)Cc1cccc3cccc-2c13. The fourth-order valence-corrected chi connectivity index (χ4v) is 31.0. The lowest BCUT2D eigenvalue weighted by Crippen LogP contribution is -2.21. The monoisotopic (exact) mass is 1870 g/mol. The van der Waals surface area contributed by atoms with Crippen LogP contribution in [0.2, 0.25) is 0 Å². The third-order valence-electron chi connectivity index (χ3n) is 26.2. The summed E-state index contributed by atoms with van der Waals surface area (Å²) in [6, 6.07) is 150. The maximum Gasteiger partial charge on any atom is 0.172 e. The molecule has 127 heavy (non-hydrogen) atoms. The molecule has 0 spiro atoms. The first-order chi connectivity index (χ1) is 62.4. The minimum absolute atomic E-state index is 0.861. The van der Waals surface area contributed by atoms with E-state index in [1.165, 1.54) is 87.6 Å². The molecule has 0 radical (unpaired) electrons. The number of hydrogen-bond acceptors (Lipinski definition) is 5. The lowest BCUT2D eigenvalue weighted by Gasteiger charge is -2.33. The first-order valence-electron chi connectivity index (χ1n) is 42.6. The summed E-state index contributed by atoms with van der Waals surface area (Å²) in [5.74, 6) is 0. The van der Waals surface area contributed by atoms with Gasteiger partial charge in [-0.15, -0.1) is 0 Å². The molecule has 0 bridgehead atoms. The number of aromatic nitrogens is 1. The van der Waals surface area contributed by atoms with Crippen LogP contribution in [0.1, 0.15) is 11.1 Å². The van der Waals surface area contributed by atoms with E-state index in [9.17, 15) is 9.13 Å². The summed E-state index contributed by atoms with van der Waals surface area (Å²) in [5, 5.41) is 18.3. The van der Waals surface area contributed by atoms with Gasteiger partial charge in [0.15, 0.2) is 21.4 Å². The van der Waals surface area contributed by atoms with Gasteiger partial charge in [-0.05, 0) is 240 Å². The summed E-state index contributed by atoms with van der Waals surface area (Å²) in [7, 11) is -8.92. The third kappa shape index (κ3) is 12.1. The normalized spacial score (nSPS) is 15.4. The van der Waals surface area contributed by atoms with Crippen molar-refractivity contribution in [3.8, 4) is 72.4 Å². The Morgan fingerprint density at radius 3 is 0.929 bits per heavy atom. The molecule has 2 atom stereocenters. The molecule has 0 saturated carbocycles. The predicted octanol–water partition coefficient (Wildman–Crippen LogP) is 28.9. The van der Waals surface area contributed by atoms with Crippen LogP contribution in [0.5, 0.6) is 0 Å². The van der Waals surface area contributed by atoms with Crippen molar-refractivity contribution in [2.45, 2.75) is 6.42 Å². The number of fused-ring (bicyclic) bond motifs is 18. The van der Waals surface area contributed by atoms with Gasteiger partial charge in [-0.2, -0.15) is 0 Å². The van der Waals surface area contributed by atoms with Gasteiger partial charge in [0, 0.05) is 111 Å². The molecule has 5 aliphatic heterocycles. The number of para-hydroxylation sites is 4. The highest BCUT2D eigenvalue weighted by molar-refractivity contribution is 9.11. The largest absolute Gasteiger partial charge is 0.309 e. The lowest BCUT2D eigenvalue weighted by atomic mass is 9.84. The highest BCUT2D eigenvalue weighted by Crippen LogP contribution is 2.60. The second kappa shape index (κ2) is 30.5. The van der Waals surface area contributed by atoms with Gasteiger partial charge < -0.3 is 28.1 Å². The van der Waals surface area contributed by atoms with Crippen LogP contribution in [0, 0.1) is 0 Å². The predicted molar refractivity (Wildman–Crippen MR) is 546 cm³/mol. The van der Waals surface area contributed by atoms with Crippen molar-refractivity contribution in [1.29, 1.82) is 0 Å². The molecular formula is C115H73Br3N3O3P3. The smallest absolute Gasteiger partial charge is 0.172 e. The Morgan fingerprint density at radius 2 is 0.504 bits per heavy atom. The van der Waals surface area contributed by atoms with E-state index in [0.717, 1.165) is 152 Å². The van der Waals surface area contributed by atoms with Gasteiger partial charge in [-0.3, -0.25) is 0 Å². The van der Waals surface area contributed by atoms with Gasteiger partial charge in [0.2, 0.25) is 0 Å². The fraction of sp³-hybridized carbons (Fsp3) is 0.00870. The first kappa shape index (κ1) is 77.3. The van der Waals surface area contributed by atoms with E-state index >= 15 is 4.57 Å². The number of nitrogens with zero attached hydrogens (tertiary/aromatic N) is 3. The molecule has 6 aliphatic rings. The van der Waals surface area contributed by atoms with E-state index in [1.807, 2.05) is 127 Å². The molecule has 27 rings (SSSR count). The van der Waals surface area contributed by atoms with E-state index in [1.54, 1.807) is 0 Å². The van der Waals surface area contributed by atoms with Gasteiger partial charge in [0.1, 0.15) is 0 Å². The van der Waals surface area contributed by atoms with E-state index in [2.05, 4.69) is 365 Å². The summed E-state index contributed by atoms with van der Waals surface area (Å²) >= 11 is 10.7. The average Bonchev–Trinajstić information content (AvgIpc) is 1.61. The van der Waals surface area contributed by atoms with Crippen molar-refractivity contribution in [3.63, 3.8) is 0 Å². The quantitative estimate of drug-likeness (QED) is 0.155. The zero-order valence-corrected chi connectivity index (χ0v) is 75.7. The van der Waals surface area contributed by atoms with Gasteiger partial charge in [0.05, 0.1) is 33.8 Å². The van der Waals surface area contributed by atoms with Crippen LogP contribution in [0.15, 0.2) is 444 Å². The van der Waals surface area contributed by atoms with E-state index in [4.69, 9.17) is 0 Å². The topological polar surface area (TPSA) is 62.6 Å². The second-order valence-corrected chi connectivity index (χ2v) is 43.9. The highest BCUT2D eigenvalue weighted by Gasteiger charge is 2.45. The second-order valence-electron chi connectivity index (χ2n) is 33.0. The molecule has 2 unspecified atom stereocenters. The molecule has 1 aliphatic carbocycles. The van der Waals surface area contributed by atoms with E-state index < -0.39 is 21.4 Å². The van der Waals surface area contributed by atoms with Crippen molar-refractivity contribution in [2.75, 3.05) is 9.80 Å². The Morgan fingerprint density at radius 1 is 0.213 bits per heavy atom. The summed E-state index contributed by atoms with van der Waals surface area (Å²) in [5.41, 5.74) is 26.9. The molecule has 1 aromatic heterocycles. The van der Waals surface area contributed by atoms with Crippen LogP contribution in [0.3, 0.4) is 0 Å². The maximum atomic E-state index is 15.7. The third-order valence-corrected chi connectivity index (χ3v) is 37.2. The van der Waals surface area contributed by atoms with Gasteiger partial charge >= 0.3 is 0 Å². The minimum atomic E-state index is -3.15. The molecule has 0 amide bonds. The Kier molecular flexibility index (Phi) is 18.6. The number of benzene rings is 20. The van der Waals surface area contributed by atoms with E-state index in [-0.39, 0.29) is 0 Å². The zero-order valence-electron chi connectivity index (χ0n) is 68.2. The van der Waals surface area contributed by atoms with Crippen molar-refractivity contribution in [3.05, 3.63) is 455 Å². The van der Waals surface area contributed by atoms with Crippen molar-refractivity contribution < 1.29 is 13.7 Å². The number of halogens is 3. The molecule has 6 nitrogen and oxygen atoms in total. The molecule has 602 valence electrons. The molecular weight excluding hydrogens is 1800 g/mol. The molecule has 0 fully saturated rings. The Balaban J connectivity index is 0.000000102. The number of anilines is 6. The van der Waals surface area contributed by atoms with Crippen LogP contribution in [-0.4, -0.2) is 4.57 Å². The van der Waals surface area contributed by atoms with Crippen LogP contribution < -0.4 is 57.5 Å². The van der Waals surface area contributed by atoms with Crippen LogP contribution >= 0.6 is 69.2 Å². The first-order valence-corrected chi connectivity index (χ1v) is 50.1. The standard InChI is InChI=1S/C46H29N2OP.C34H21BrNOP.C18H11Br2OP.C17H12/c49-50(33-14-2-1-3-15-33)44-26-24-31(47-40-20-7-4-16-34(40)35-17-5-8-21-41(35)47)28-38(44)39-29-32(25-27-45(39)50)48-42-22-9-6-18-36(42)37-19-10-12-30-13-11-23-43(48)46(30)37;35-23-16-18-32-28(20-23)29-21-24(17-19-33(29)38(32,37)25-10-2-1-3-11-25)36-30-14-5-4-12-26(30)27-13-6-8-22-9-7-15-31(36)34(22)27;19-12-6-8-17-15(10-12)16-11-13(20)7-9-18(16)22(17,21)14-4-2-1-3-5-14;1-2-9-15-13(5-1)11-14-8-3-6-12-7-4-10-16(15)17(12)14/h1-29H;1-21H;1-11H;1-10H,11H2. The lowest BCUT2D eigenvalue weighted by molar-refractivity contribution is 0.592. The van der Waals surface area contributed by atoms with Crippen molar-refractivity contribution in [1.82, 2.24) is 4.57 Å². The van der Waals surface area contributed by atoms with Gasteiger partial charge in [-0.25, -0.2) is 0 Å². The molecule has 21 aromatic rings. The van der Waals surface area contributed by atoms with Crippen molar-refractivity contribution in [2.24, 2.45) is 0 Å². The number of hydrogen-bond donors (Lipinski definition) is 0. The van der Waals surface area contributed by atoms with Crippen LogP contribution in [-0.2, 0) is 20.1 Å². The molecule has 6 heterocycles. The summed E-state index contributed by atoms with van der Waals surface area (Å²) < 4.78 is 50.0. The Bertz CT molecular complexity index is 8260. The van der Waals surface area contributed by atoms with Crippen LogP contribution in [0.25, 0.3) is 127 Å². The average molecular weight is 1880 g/mol. The van der Waals surface area contributed by atoms with Gasteiger partial charge in [0.25, 0.3) is 0 Å². The van der Waals surface area contributed by atoms with Crippen molar-refractivity contribution >= 4 is 205 Å². The highest BCUT2D eigenvalue weighted by atomic mass is 79.9.